The minimum absolute atomic E-state index is 0.0382. The molecule has 3 atom stereocenters. The zero-order valence-electron chi connectivity index (χ0n) is 12.5. The molecule has 1 aromatic heterocycles. The van der Waals surface area contributed by atoms with Gasteiger partial charge in [-0.05, 0) is 19.3 Å². The Morgan fingerprint density at radius 1 is 1.59 bits per heavy atom. The van der Waals surface area contributed by atoms with Crippen LogP contribution >= 0.6 is 11.3 Å². The predicted octanol–water partition coefficient (Wildman–Crippen LogP) is 1.60. The fraction of sp³-hybridized carbons (Fsp3) is 0.733. The van der Waals surface area contributed by atoms with E-state index in [-0.39, 0.29) is 17.9 Å². The summed E-state index contributed by atoms with van der Waals surface area (Å²) in [4.78, 5) is 18.5. The van der Waals surface area contributed by atoms with E-state index in [9.17, 15) is 9.18 Å². The fourth-order valence-electron chi connectivity index (χ4n) is 3.14. The summed E-state index contributed by atoms with van der Waals surface area (Å²) in [6.07, 6.45) is 3.24. The molecule has 3 heterocycles. The molecular formula is C15H22FN3O2S. The van der Waals surface area contributed by atoms with E-state index in [2.05, 4.69) is 15.2 Å². The van der Waals surface area contributed by atoms with Crippen molar-refractivity contribution in [3.63, 3.8) is 0 Å². The molecule has 5 nitrogen and oxygen atoms in total. The van der Waals surface area contributed by atoms with Gasteiger partial charge in [0.05, 0.1) is 19.1 Å². The number of nitrogens with zero attached hydrogens (tertiary/aromatic N) is 2. The number of thiazole rings is 1. The predicted molar refractivity (Wildman–Crippen MR) is 82.4 cm³/mol. The van der Waals surface area contributed by atoms with Crippen molar-refractivity contribution in [3.05, 3.63) is 16.6 Å². The van der Waals surface area contributed by atoms with E-state index in [4.69, 9.17) is 4.74 Å². The van der Waals surface area contributed by atoms with E-state index in [0.29, 0.717) is 32.7 Å². The second-order valence-corrected chi connectivity index (χ2v) is 6.98. The van der Waals surface area contributed by atoms with Gasteiger partial charge >= 0.3 is 0 Å². The molecule has 2 aliphatic heterocycles. The lowest BCUT2D eigenvalue weighted by Gasteiger charge is -2.25. The zero-order valence-corrected chi connectivity index (χ0v) is 13.4. The van der Waals surface area contributed by atoms with Gasteiger partial charge in [-0.3, -0.25) is 9.69 Å². The summed E-state index contributed by atoms with van der Waals surface area (Å²) in [6, 6.07) is 0.0485. The lowest BCUT2D eigenvalue weighted by molar-refractivity contribution is -0.129. The van der Waals surface area contributed by atoms with Gasteiger partial charge in [-0.15, -0.1) is 11.3 Å². The number of rotatable bonds is 5. The number of aromatic nitrogens is 1. The van der Waals surface area contributed by atoms with Crippen molar-refractivity contribution in [2.24, 2.45) is 5.92 Å². The van der Waals surface area contributed by atoms with Gasteiger partial charge in [-0.25, -0.2) is 9.37 Å². The molecule has 0 unspecified atom stereocenters. The van der Waals surface area contributed by atoms with Crippen LogP contribution in [0.4, 0.5) is 4.39 Å². The largest absolute Gasteiger partial charge is 0.381 e. The molecule has 1 amide bonds. The monoisotopic (exact) mass is 327 g/mol. The molecule has 0 radical (unpaired) electrons. The summed E-state index contributed by atoms with van der Waals surface area (Å²) in [7, 11) is 0. The molecule has 2 saturated heterocycles. The van der Waals surface area contributed by atoms with Crippen LogP contribution < -0.4 is 5.32 Å². The minimum atomic E-state index is -0.820. The Bertz CT molecular complexity index is 479. The number of likely N-dealkylation sites (tertiary alicyclic amines) is 1. The molecule has 122 valence electrons. The Morgan fingerprint density at radius 3 is 3.23 bits per heavy atom. The van der Waals surface area contributed by atoms with Crippen LogP contribution in [-0.4, -0.2) is 54.3 Å². The second-order valence-electron chi connectivity index (χ2n) is 6.00. The number of nitrogens with one attached hydrogen (secondary N) is 1. The first-order valence-electron chi connectivity index (χ1n) is 7.84. The number of carbonyl (C=O) groups excluding carboxylic acids is 1. The Balaban J connectivity index is 1.50. The van der Waals surface area contributed by atoms with Crippen molar-refractivity contribution in [1.29, 1.82) is 0 Å². The first-order valence-corrected chi connectivity index (χ1v) is 8.72. The highest BCUT2D eigenvalue weighted by Gasteiger charge is 2.33. The summed E-state index contributed by atoms with van der Waals surface area (Å²) in [6.45, 7) is 2.83. The Kier molecular flexibility index (Phi) is 5.38. The molecule has 2 aliphatic rings. The van der Waals surface area contributed by atoms with Gasteiger partial charge < -0.3 is 10.1 Å². The maximum atomic E-state index is 13.7. The van der Waals surface area contributed by atoms with Crippen molar-refractivity contribution in [3.8, 4) is 0 Å². The van der Waals surface area contributed by atoms with Crippen LogP contribution in [0, 0.1) is 5.92 Å². The highest BCUT2D eigenvalue weighted by Crippen LogP contribution is 2.23. The number of carbonyl (C=O) groups is 1. The molecule has 0 aliphatic carbocycles. The summed E-state index contributed by atoms with van der Waals surface area (Å²) in [5, 5.41) is 5.90. The number of alkyl halides is 1. The third-order valence-corrected chi connectivity index (χ3v) is 5.11. The summed E-state index contributed by atoms with van der Waals surface area (Å²) < 4.78 is 19.1. The molecule has 3 rings (SSSR count). The average molecular weight is 327 g/mol. The second kappa shape index (κ2) is 7.48. The van der Waals surface area contributed by atoms with Crippen LogP contribution in [-0.2, 0) is 16.1 Å². The molecule has 22 heavy (non-hydrogen) atoms. The fourth-order valence-corrected chi connectivity index (χ4v) is 3.78. The molecule has 0 aromatic carbocycles. The maximum absolute atomic E-state index is 13.7. The summed E-state index contributed by atoms with van der Waals surface area (Å²) in [5.74, 6) is -0.0139. The van der Waals surface area contributed by atoms with Crippen molar-refractivity contribution >= 4 is 17.2 Å². The topological polar surface area (TPSA) is 54.5 Å². The van der Waals surface area contributed by atoms with Crippen LogP contribution in [0.1, 0.15) is 24.3 Å². The van der Waals surface area contributed by atoms with Gasteiger partial charge in [0.15, 0.2) is 0 Å². The molecule has 1 aromatic rings. The van der Waals surface area contributed by atoms with E-state index in [1.165, 1.54) is 0 Å². The van der Waals surface area contributed by atoms with Gasteiger partial charge in [0, 0.05) is 37.3 Å². The highest BCUT2D eigenvalue weighted by molar-refractivity contribution is 7.09. The Labute approximate surface area is 133 Å². The van der Waals surface area contributed by atoms with Crippen LogP contribution in [0.15, 0.2) is 11.6 Å². The molecule has 1 N–H and O–H groups in total. The minimum Gasteiger partial charge on any atom is -0.381 e. The third kappa shape index (κ3) is 4.02. The van der Waals surface area contributed by atoms with Crippen molar-refractivity contribution in [1.82, 2.24) is 15.2 Å². The van der Waals surface area contributed by atoms with Crippen molar-refractivity contribution < 1.29 is 13.9 Å². The number of amides is 1. The van der Waals surface area contributed by atoms with E-state index in [1.54, 1.807) is 17.5 Å². The Morgan fingerprint density at radius 2 is 2.50 bits per heavy atom. The first-order chi connectivity index (χ1) is 10.7. The third-order valence-electron chi connectivity index (χ3n) is 4.34. The highest BCUT2D eigenvalue weighted by atomic mass is 32.1. The van der Waals surface area contributed by atoms with Gasteiger partial charge in [-0.2, -0.15) is 0 Å². The summed E-state index contributed by atoms with van der Waals surface area (Å²) >= 11 is 1.58. The van der Waals surface area contributed by atoms with Crippen LogP contribution in [0.3, 0.4) is 0 Å². The molecule has 0 bridgehead atoms. The van der Waals surface area contributed by atoms with Crippen molar-refractivity contribution in [2.75, 3.05) is 26.3 Å². The van der Waals surface area contributed by atoms with E-state index < -0.39 is 6.17 Å². The number of ether oxygens (including phenoxy) is 1. The van der Waals surface area contributed by atoms with E-state index in [1.807, 2.05) is 5.38 Å². The Hall–Kier alpha value is -1.05. The molecule has 0 saturated carbocycles. The molecule has 2 fully saturated rings. The van der Waals surface area contributed by atoms with Crippen LogP contribution in [0.5, 0.6) is 0 Å². The van der Waals surface area contributed by atoms with Gasteiger partial charge in [-0.1, -0.05) is 0 Å². The quantitative estimate of drug-likeness (QED) is 0.892. The van der Waals surface area contributed by atoms with Crippen LogP contribution in [0.25, 0.3) is 0 Å². The standard InChI is InChI=1S/C15H22FN3O2S/c16-12-6-13(19(8-12)9-14-17-3-5-22-14)7-18-15(20)11-2-1-4-21-10-11/h3,5,11-13H,1-2,4,6-10H2,(H,18,20)/t11-,12+,13+/m1/s1. The van der Waals surface area contributed by atoms with Crippen molar-refractivity contribution in [2.45, 2.75) is 38.0 Å². The van der Waals surface area contributed by atoms with Crippen LogP contribution in [0.2, 0.25) is 0 Å². The SMILES string of the molecule is O=C(NC[C@@H]1C[C@H](F)CN1Cc1nccs1)[C@@H]1CCCOC1. The van der Waals surface area contributed by atoms with Gasteiger partial charge in [0.2, 0.25) is 5.91 Å². The molecule has 7 heteroatoms. The molecule has 0 spiro atoms. The maximum Gasteiger partial charge on any atom is 0.225 e. The van der Waals surface area contributed by atoms with E-state index >= 15 is 0 Å². The number of hydrogen-bond acceptors (Lipinski definition) is 5. The van der Waals surface area contributed by atoms with Gasteiger partial charge in [0.25, 0.3) is 0 Å². The number of halogens is 1. The van der Waals surface area contributed by atoms with Gasteiger partial charge in [0.1, 0.15) is 11.2 Å². The molecular weight excluding hydrogens is 305 g/mol. The zero-order chi connectivity index (χ0) is 15.4. The smallest absolute Gasteiger partial charge is 0.225 e. The lowest BCUT2D eigenvalue weighted by atomic mass is 10.0. The number of hydrogen-bond donors (Lipinski definition) is 1. The average Bonchev–Trinajstić information content (AvgIpc) is 3.16. The van der Waals surface area contributed by atoms with E-state index in [0.717, 1.165) is 24.5 Å². The first kappa shape index (κ1) is 15.8. The normalized spacial score (nSPS) is 29.6. The lowest BCUT2D eigenvalue weighted by Crippen LogP contribution is -2.43. The summed E-state index contributed by atoms with van der Waals surface area (Å²) in [5.41, 5.74) is 0.